The number of carboxylic acid groups (broad SMARTS) is 2. The second-order valence-corrected chi connectivity index (χ2v) is 4.36. The summed E-state index contributed by atoms with van der Waals surface area (Å²) >= 11 is 0. The topological polar surface area (TPSA) is 125 Å². The predicted octanol–water partition coefficient (Wildman–Crippen LogP) is 0.419. The molecule has 0 aromatic heterocycles. The van der Waals surface area contributed by atoms with Crippen LogP contribution in [0.25, 0.3) is 0 Å². The summed E-state index contributed by atoms with van der Waals surface area (Å²) in [6.07, 6.45) is 0.115. The summed E-state index contributed by atoms with van der Waals surface area (Å²) in [5.74, 6) is -2.19. The van der Waals surface area contributed by atoms with Crippen molar-refractivity contribution in [2.75, 3.05) is 13.2 Å². The quantitative estimate of drug-likeness (QED) is 0.462. The van der Waals surface area contributed by atoms with Gasteiger partial charge in [0.25, 0.3) is 0 Å². The first-order valence-corrected chi connectivity index (χ1v) is 6.46. The number of aliphatic carboxylic acids is 2. The van der Waals surface area contributed by atoms with Crippen LogP contribution < -0.4 is 10.6 Å². The normalized spacial score (nSPS) is 13.3. The summed E-state index contributed by atoms with van der Waals surface area (Å²) in [7, 11) is 0. The molecule has 0 radical (unpaired) electrons. The van der Waals surface area contributed by atoms with Crippen molar-refractivity contribution in [3.63, 3.8) is 0 Å². The minimum absolute atomic E-state index is 0.0644. The highest BCUT2D eigenvalue weighted by Gasteiger charge is 2.20. The monoisotopic (exact) mass is 290 g/mol. The number of carbonyl (C=O) groups excluding carboxylic acids is 1. The fraction of sp³-hybridized carbons (Fsp3) is 0.750. The summed E-state index contributed by atoms with van der Waals surface area (Å²) in [4.78, 5) is 32.9. The molecule has 0 aromatic rings. The van der Waals surface area contributed by atoms with Gasteiger partial charge in [-0.25, -0.2) is 9.59 Å². The van der Waals surface area contributed by atoms with E-state index in [1.54, 1.807) is 6.92 Å². The Labute approximate surface area is 117 Å². The number of nitrogens with one attached hydrogen (secondary N) is 2. The number of ether oxygens (including phenoxy) is 1. The van der Waals surface area contributed by atoms with E-state index >= 15 is 0 Å². The van der Waals surface area contributed by atoms with E-state index in [1.807, 2.05) is 6.92 Å². The summed E-state index contributed by atoms with van der Waals surface area (Å²) < 4.78 is 5.12. The van der Waals surface area contributed by atoms with Gasteiger partial charge >= 0.3 is 18.0 Å². The summed E-state index contributed by atoms with van der Waals surface area (Å²) in [6, 6.07) is -1.96. The third-order valence-electron chi connectivity index (χ3n) is 2.44. The van der Waals surface area contributed by atoms with Gasteiger partial charge in [0.15, 0.2) is 0 Å². The predicted molar refractivity (Wildman–Crippen MR) is 70.5 cm³/mol. The molecule has 0 aromatic carbocycles. The first kappa shape index (κ1) is 18.2. The standard InChI is InChI=1S/C12H22N2O6/c1-3-20-7-8(2)13-12(19)14-9(11(17)18)5-4-6-10(15)16/h8-9H,3-7H2,1-2H3,(H,15,16)(H,17,18)(H2,13,14,19)/t8?,9-/m1/s1. The lowest BCUT2D eigenvalue weighted by Crippen LogP contribution is -2.49. The maximum Gasteiger partial charge on any atom is 0.326 e. The molecule has 0 spiro atoms. The minimum atomic E-state index is -1.19. The smallest absolute Gasteiger partial charge is 0.326 e. The first-order valence-electron chi connectivity index (χ1n) is 6.46. The van der Waals surface area contributed by atoms with Gasteiger partial charge in [0.05, 0.1) is 12.6 Å². The molecule has 0 heterocycles. The third kappa shape index (κ3) is 9.15. The van der Waals surface area contributed by atoms with Crippen molar-refractivity contribution >= 4 is 18.0 Å². The molecule has 8 nitrogen and oxygen atoms in total. The molecule has 20 heavy (non-hydrogen) atoms. The highest BCUT2D eigenvalue weighted by molar-refractivity contribution is 5.82. The maximum absolute atomic E-state index is 11.6. The van der Waals surface area contributed by atoms with Gasteiger partial charge in [-0.2, -0.15) is 0 Å². The fourth-order valence-corrected chi connectivity index (χ4v) is 1.47. The number of hydrogen-bond donors (Lipinski definition) is 4. The van der Waals surface area contributed by atoms with Gasteiger partial charge in [-0.15, -0.1) is 0 Å². The van der Waals surface area contributed by atoms with Crippen LogP contribution >= 0.6 is 0 Å². The molecule has 0 aliphatic rings. The zero-order valence-corrected chi connectivity index (χ0v) is 11.7. The Balaban J connectivity index is 4.13. The van der Waals surface area contributed by atoms with Gasteiger partial charge in [0.2, 0.25) is 0 Å². The Morgan fingerprint density at radius 3 is 2.35 bits per heavy atom. The van der Waals surface area contributed by atoms with Gasteiger partial charge in [0.1, 0.15) is 6.04 Å². The second-order valence-electron chi connectivity index (χ2n) is 4.36. The molecule has 1 unspecified atom stereocenters. The number of carboxylic acids is 2. The highest BCUT2D eigenvalue weighted by Crippen LogP contribution is 2.01. The molecular weight excluding hydrogens is 268 g/mol. The molecule has 0 saturated heterocycles. The van der Waals surface area contributed by atoms with E-state index < -0.39 is 24.0 Å². The van der Waals surface area contributed by atoms with Gasteiger partial charge in [0, 0.05) is 13.0 Å². The van der Waals surface area contributed by atoms with Crippen LogP contribution in [0.2, 0.25) is 0 Å². The van der Waals surface area contributed by atoms with E-state index in [-0.39, 0.29) is 25.3 Å². The van der Waals surface area contributed by atoms with Gasteiger partial charge in [-0.05, 0) is 26.7 Å². The van der Waals surface area contributed by atoms with Crippen LogP contribution in [0.5, 0.6) is 0 Å². The van der Waals surface area contributed by atoms with Crippen LogP contribution in [0.4, 0.5) is 4.79 Å². The number of amides is 2. The van der Waals surface area contributed by atoms with Crippen molar-refractivity contribution in [2.45, 2.75) is 45.2 Å². The van der Waals surface area contributed by atoms with Gasteiger partial charge < -0.3 is 25.6 Å². The van der Waals surface area contributed by atoms with E-state index in [1.165, 1.54) is 0 Å². The Morgan fingerprint density at radius 2 is 1.85 bits per heavy atom. The number of carbonyl (C=O) groups is 3. The van der Waals surface area contributed by atoms with Crippen LogP contribution in [0.1, 0.15) is 33.1 Å². The Bertz CT molecular complexity index is 334. The first-order chi connectivity index (χ1) is 9.36. The summed E-state index contributed by atoms with van der Waals surface area (Å²) in [5.41, 5.74) is 0. The summed E-state index contributed by atoms with van der Waals surface area (Å²) in [5, 5.41) is 22.3. The Kier molecular flexibility index (Phi) is 9.10. The van der Waals surface area contributed by atoms with Crippen molar-refractivity contribution in [3.05, 3.63) is 0 Å². The molecule has 2 atom stereocenters. The molecule has 0 aliphatic carbocycles. The van der Waals surface area contributed by atoms with E-state index in [0.717, 1.165) is 0 Å². The average Bonchev–Trinajstić information content (AvgIpc) is 2.34. The Morgan fingerprint density at radius 1 is 1.20 bits per heavy atom. The maximum atomic E-state index is 11.6. The molecule has 8 heteroatoms. The molecular formula is C12H22N2O6. The van der Waals surface area contributed by atoms with Crippen molar-refractivity contribution in [1.29, 1.82) is 0 Å². The molecule has 0 aliphatic heterocycles. The van der Waals surface area contributed by atoms with E-state index in [0.29, 0.717) is 13.2 Å². The van der Waals surface area contributed by atoms with Crippen molar-refractivity contribution in [1.82, 2.24) is 10.6 Å². The third-order valence-corrected chi connectivity index (χ3v) is 2.44. The van der Waals surface area contributed by atoms with E-state index in [2.05, 4.69) is 10.6 Å². The lowest BCUT2D eigenvalue weighted by molar-refractivity contribution is -0.140. The lowest BCUT2D eigenvalue weighted by atomic mass is 10.1. The van der Waals surface area contributed by atoms with Crippen LogP contribution in [-0.2, 0) is 14.3 Å². The molecule has 2 amide bonds. The molecule has 4 N–H and O–H groups in total. The number of rotatable bonds is 10. The molecule has 0 saturated carbocycles. The van der Waals surface area contributed by atoms with Crippen molar-refractivity contribution in [2.24, 2.45) is 0 Å². The van der Waals surface area contributed by atoms with Crippen LogP contribution in [0.15, 0.2) is 0 Å². The lowest BCUT2D eigenvalue weighted by Gasteiger charge is -2.18. The highest BCUT2D eigenvalue weighted by atomic mass is 16.5. The zero-order valence-electron chi connectivity index (χ0n) is 11.7. The largest absolute Gasteiger partial charge is 0.481 e. The van der Waals surface area contributed by atoms with E-state index in [4.69, 9.17) is 14.9 Å². The van der Waals surface area contributed by atoms with Crippen LogP contribution in [0, 0.1) is 0 Å². The van der Waals surface area contributed by atoms with Gasteiger partial charge in [-0.1, -0.05) is 0 Å². The van der Waals surface area contributed by atoms with E-state index in [9.17, 15) is 14.4 Å². The average molecular weight is 290 g/mol. The molecule has 0 rings (SSSR count). The van der Waals surface area contributed by atoms with Crippen LogP contribution in [-0.4, -0.2) is 53.5 Å². The van der Waals surface area contributed by atoms with Crippen molar-refractivity contribution < 1.29 is 29.3 Å². The number of urea groups is 1. The Hall–Kier alpha value is -1.83. The zero-order chi connectivity index (χ0) is 15.5. The van der Waals surface area contributed by atoms with Gasteiger partial charge in [-0.3, -0.25) is 4.79 Å². The second kappa shape index (κ2) is 10.0. The molecule has 0 fully saturated rings. The SMILES string of the molecule is CCOCC(C)NC(=O)N[C@H](CCCC(=O)O)C(=O)O. The van der Waals surface area contributed by atoms with Crippen LogP contribution in [0.3, 0.4) is 0 Å². The number of hydrogen-bond acceptors (Lipinski definition) is 4. The minimum Gasteiger partial charge on any atom is -0.481 e. The molecule has 116 valence electrons. The molecule has 0 bridgehead atoms. The fourth-order valence-electron chi connectivity index (χ4n) is 1.47. The van der Waals surface area contributed by atoms with Crippen molar-refractivity contribution in [3.8, 4) is 0 Å². The summed E-state index contributed by atoms with van der Waals surface area (Å²) in [6.45, 7) is 4.42.